The molecule has 0 aliphatic carbocycles. The van der Waals surface area contributed by atoms with Crippen LogP contribution in [-0.4, -0.2) is 50.5 Å². The number of benzene rings is 2. The van der Waals surface area contributed by atoms with Gasteiger partial charge in [-0.05, 0) is 18.2 Å². The van der Waals surface area contributed by atoms with Gasteiger partial charge in [0.25, 0.3) is 0 Å². The quantitative estimate of drug-likeness (QED) is 0.613. The fraction of sp³-hybridized carbons (Fsp3) is 0.250. The van der Waals surface area contributed by atoms with E-state index < -0.39 is 0 Å². The molecule has 0 aliphatic rings. The summed E-state index contributed by atoms with van der Waals surface area (Å²) in [7, 11) is 7.82. The van der Waals surface area contributed by atoms with Crippen LogP contribution in [0.2, 0.25) is 0 Å². The Hall–Kier alpha value is -3.75. The van der Waals surface area contributed by atoms with Gasteiger partial charge in [0.05, 0.1) is 35.5 Å². The molecule has 1 heterocycles. The van der Waals surface area contributed by atoms with Crippen LogP contribution in [0.3, 0.4) is 0 Å². The number of aromatic nitrogens is 3. The summed E-state index contributed by atoms with van der Waals surface area (Å²) in [5.41, 5.74) is 1.43. The van der Waals surface area contributed by atoms with Crippen molar-refractivity contribution < 1.29 is 23.7 Å². The number of nitrogens with one attached hydrogen (secondary N) is 1. The van der Waals surface area contributed by atoms with Gasteiger partial charge in [0.1, 0.15) is 6.33 Å². The van der Waals surface area contributed by atoms with Crippen molar-refractivity contribution in [2.75, 3.05) is 40.9 Å². The Bertz CT molecular complexity index is 971. The molecule has 3 aromatic rings. The summed E-state index contributed by atoms with van der Waals surface area (Å²) in [4.78, 5) is 12.9. The Balaban J connectivity index is 1.93. The van der Waals surface area contributed by atoms with Crippen molar-refractivity contribution in [2.24, 2.45) is 0 Å². The molecule has 152 valence electrons. The average Bonchev–Trinajstić information content (AvgIpc) is 2.77. The first-order valence-corrected chi connectivity index (χ1v) is 8.62. The second-order valence-electron chi connectivity index (χ2n) is 5.74. The van der Waals surface area contributed by atoms with Gasteiger partial charge >= 0.3 is 0 Å². The van der Waals surface area contributed by atoms with Crippen LogP contribution in [0.25, 0.3) is 11.4 Å². The first-order chi connectivity index (χ1) is 14.1. The Morgan fingerprint density at radius 1 is 0.690 bits per heavy atom. The lowest BCUT2D eigenvalue weighted by Gasteiger charge is -2.14. The Labute approximate surface area is 168 Å². The highest BCUT2D eigenvalue weighted by atomic mass is 16.5. The van der Waals surface area contributed by atoms with Gasteiger partial charge in [-0.2, -0.15) is 4.98 Å². The molecule has 0 bridgehead atoms. The van der Waals surface area contributed by atoms with E-state index in [2.05, 4.69) is 20.3 Å². The van der Waals surface area contributed by atoms with E-state index in [9.17, 15) is 0 Å². The van der Waals surface area contributed by atoms with Crippen LogP contribution in [0, 0.1) is 0 Å². The topological polar surface area (TPSA) is 96.9 Å². The Morgan fingerprint density at radius 3 is 1.93 bits per heavy atom. The first-order valence-electron chi connectivity index (χ1n) is 8.62. The summed E-state index contributed by atoms with van der Waals surface area (Å²) < 4.78 is 26.7. The standard InChI is InChI=1S/C20H22N4O5/c1-25-14-7-6-12(8-15(14)26-2)19-21-11-22-20(24-19)23-13-9-16(27-3)18(29-5)17(10-13)28-4/h6-11H,1-5H3,(H,21,22,23,24). The third-order valence-electron chi connectivity index (χ3n) is 4.13. The van der Waals surface area contributed by atoms with Crippen LogP contribution in [-0.2, 0) is 0 Å². The van der Waals surface area contributed by atoms with Gasteiger partial charge in [0, 0.05) is 23.4 Å². The zero-order valence-electron chi connectivity index (χ0n) is 16.8. The number of anilines is 2. The van der Waals surface area contributed by atoms with Crippen molar-refractivity contribution in [1.82, 2.24) is 15.0 Å². The lowest BCUT2D eigenvalue weighted by molar-refractivity contribution is 0.324. The number of hydrogen-bond acceptors (Lipinski definition) is 9. The zero-order valence-corrected chi connectivity index (χ0v) is 16.8. The molecule has 0 spiro atoms. The van der Waals surface area contributed by atoms with Gasteiger partial charge in [0.15, 0.2) is 28.8 Å². The second kappa shape index (κ2) is 8.96. The van der Waals surface area contributed by atoms with Crippen LogP contribution in [0.4, 0.5) is 11.6 Å². The van der Waals surface area contributed by atoms with Gasteiger partial charge < -0.3 is 29.0 Å². The molecule has 29 heavy (non-hydrogen) atoms. The van der Waals surface area contributed by atoms with Crippen LogP contribution < -0.4 is 29.0 Å². The number of nitrogens with zero attached hydrogens (tertiary/aromatic N) is 3. The molecule has 0 saturated carbocycles. The van der Waals surface area contributed by atoms with Gasteiger partial charge in [-0.3, -0.25) is 0 Å². The normalized spacial score (nSPS) is 10.2. The van der Waals surface area contributed by atoms with E-state index in [0.29, 0.717) is 46.2 Å². The van der Waals surface area contributed by atoms with Gasteiger partial charge in [-0.25, -0.2) is 9.97 Å². The van der Waals surface area contributed by atoms with Crippen molar-refractivity contribution >= 4 is 11.6 Å². The monoisotopic (exact) mass is 398 g/mol. The predicted octanol–water partition coefficient (Wildman–Crippen LogP) is 3.33. The highest BCUT2D eigenvalue weighted by Gasteiger charge is 2.14. The summed E-state index contributed by atoms with van der Waals surface area (Å²) in [6.45, 7) is 0. The van der Waals surface area contributed by atoms with Crippen molar-refractivity contribution in [3.05, 3.63) is 36.7 Å². The van der Waals surface area contributed by atoms with E-state index in [-0.39, 0.29) is 0 Å². The molecule has 9 nitrogen and oxygen atoms in total. The van der Waals surface area contributed by atoms with Gasteiger partial charge in [-0.15, -0.1) is 0 Å². The Morgan fingerprint density at radius 2 is 1.34 bits per heavy atom. The van der Waals surface area contributed by atoms with E-state index in [4.69, 9.17) is 23.7 Å². The van der Waals surface area contributed by atoms with Crippen molar-refractivity contribution in [2.45, 2.75) is 0 Å². The minimum Gasteiger partial charge on any atom is -0.493 e. The van der Waals surface area contributed by atoms with E-state index in [1.807, 2.05) is 6.07 Å². The fourth-order valence-corrected chi connectivity index (χ4v) is 2.75. The molecule has 0 amide bonds. The largest absolute Gasteiger partial charge is 0.493 e. The lowest BCUT2D eigenvalue weighted by atomic mass is 10.2. The number of hydrogen-bond donors (Lipinski definition) is 1. The smallest absolute Gasteiger partial charge is 0.230 e. The van der Waals surface area contributed by atoms with Gasteiger partial charge in [0.2, 0.25) is 11.7 Å². The molecule has 0 atom stereocenters. The van der Waals surface area contributed by atoms with E-state index in [1.165, 1.54) is 6.33 Å². The van der Waals surface area contributed by atoms with E-state index in [1.54, 1.807) is 59.8 Å². The highest BCUT2D eigenvalue weighted by Crippen LogP contribution is 2.40. The van der Waals surface area contributed by atoms with E-state index >= 15 is 0 Å². The third-order valence-corrected chi connectivity index (χ3v) is 4.13. The Kier molecular flexibility index (Phi) is 6.18. The van der Waals surface area contributed by atoms with Crippen LogP contribution in [0.5, 0.6) is 28.7 Å². The molecule has 0 fully saturated rings. The summed E-state index contributed by atoms with van der Waals surface area (Å²) in [6.07, 6.45) is 1.43. The van der Waals surface area contributed by atoms with Crippen molar-refractivity contribution in [3.63, 3.8) is 0 Å². The van der Waals surface area contributed by atoms with Crippen molar-refractivity contribution in [1.29, 1.82) is 0 Å². The molecule has 9 heteroatoms. The zero-order chi connectivity index (χ0) is 20.8. The molecule has 0 unspecified atom stereocenters. The average molecular weight is 398 g/mol. The molecular formula is C20H22N4O5. The molecule has 0 saturated heterocycles. The van der Waals surface area contributed by atoms with Crippen molar-refractivity contribution in [3.8, 4) is 40.1 Å². The third kappa shape index (κ3) is 4.23. The van der Waals surface area contributed by atoms with E-state index in [0.717, 1.165) is 5.56 Å². The number of methoxy groups -OCH3 is 5. The maximum absolute atomic E-state index is 5.37. The van der Waals surface area contributed by atoms with Gasteiger partial charge in [-0.1, -0.05) is 0 Å². The minimum atomic E-state index is 0.360. The minimum absolute atomic E-state index is 0.360. The molecule has 1 N–H and O–H groups in total. The first kappa shape index (κ1) is 20.0. The summed E-state index contributed by atoms with van der Waals surface area (Å²) in [5, 5.41) is 3.13. The SMILES string of the molecule is COc1ccc(-c2ncnc(Nc3cc(OC)c(OC)c(OC)c3)n2)cc1OC. The number of ether oxygens (including phenoxy) is 5. The van der Waals surface area contributed by atoms with Crippen LogP contribution in [0.1, 0.15) is 0 Å². The summed E-state index contributed by atoms with van der Waals surface area (Å²) in [6, 6.07) is 8.98. The lowest BCUT2D eigenvalue weighted by Crippen LogP contribution is -2.02. The maximum atomic E-state index is 5.37. The molecule has 3 rings (SSSR count). The molecule has 0 radical (unpaired) electrons. The molecular weight excluding hydrogens is 376 g/mol. The maximum Gasteiger partial charge on any atom is 0.230 e. The van der Waals surface area contributed by atoms with Crippen LogP contribution >= 0.6 is 0 Å². The predicted molar refractivity (Wildman–Crippen MR) is 108 cm³/mol. The second-order valence-corrected chi connectivity index (χ2v) is 5.74. The highest BCUT2D eigenvalue weighted by molar-refractivity contribution is 5.67. The fourth-order valence-electron chi connectivity index (χ4n) is 2.75. The molecule has 1 aromatic heterocycles. The molecule has 0 aliphatic heterocycles. The number of rotatable bonds is 8. The molecule has 2 aromatic carbocycles. The summed E-state index contributed by atoms with van der Waals surface area (Å²) >= 11 is 0. The summed E-state index contributed by atoms with van der Waals surface area (Å²) in [5.74, 6) is 3.59. The van der Waals surface area contributed by atoms with Crippen LogP contribution in [0.15, 0.2) is 36.7 Å².